The summed E-state index contributed by atoms with van der Waals surface area (Å²) in [6, 6.07) is 4.89. The molecular formula is C11H12ClN3O3. The molecule has 2 amide bonds. The van der Waals surface area contributed by atoms with Crippen molar-refractivity contribution in [1.82, 2.24) is 5.43 Å². The van der Waals surface area contributed by atoms with E-state index in [1.165, 1.54) is 4.90 Å². The summed E-state index contributed by atoms with van der Waals surface area (Å²) in [5, 5.41) is 0.456. The quantitative estimate of drug-likeness (QED) is 0.464. The molecule has 1 unspecified atom stereocenters. The molecule has 6 nitrogen and oxygen atoms in total. The number of carbonyl (C=O) groups excluding carboxylic acids is 2. The number of anilines is 1. The van der Waals surface area contributed by atoms with E-state index in [2.05, 4.69) is 0 Å². The minimum atomic E-state index is -0.649. The van der Waals surface area contributed by atoms with Crippen LogP contribution in [0, 0.1) is 0 Å². The summed E-state index contributed by atoms with van der Waals surface area (Å²) in [4.78, 5) is 24.6. The average Bonchev–Trinajstić information content (AvgIpc) is 2.35. The lowest BCUT2D eigenvalue weighted by Crippen LogP contribution is -2.49. The zero-order valence-electron chi connectivity index (χ0n) is 9.64. The normalized spacial score (nSPS) is 18.1. The lowest BCUT2D eigenvalue weighted by atomic mass is 10.2. The third-order valence-electron chi connectivity index (χ3n) is 2.59. The van der Waals surface area contributed by atoms with E-state index in [1.807, 2.05) is 5.43 Å². The zero-order chi connectivity index (χ0) is 13.3. The fourth-order valence-electron chi connectivity index (χ4n) is 1.73. The zero-order valence-corrected chi connectivity index (χ0v) is 10.4. The van der Waals surface area contributed by atoms with Gasteiger partial charge in [-0.05, 0) is 25.1 Å². The molecule has 0 aliphatic carbocycles. The van der Waals surface area contributed by atoms with Crippen LogP contribution in [-0.2, 0) is 9.59 Å². The number of rotatable bonds is 2. The Labute approximate surface area is 109 Å². The highest BCUT2D eigenvalue weighted by atomic mass is 35.5. The number of halogens is 1. The molecule has 96 valence electrons. The van der Waals surface area contributed by atoms with E-state index < -0.39 is 12.0 Å². The third kappa shape index (κ3) is 2.25. The Hall–Kier alpha value is -1.79. The van der Waals surface area contributed by atoms with Crippen LogP contribution in [0.1, 0.15) is 6.92 Å². The number of fused-ring (bicyclic) bond motifs is 1. The van der Waals surface area contributed by atoms with Crippen molar-refractivity contribution in [2.24, 2.45) is 5.84 Å². The maximum Gasteiger partial charge on any atom is 0.268 e. The molecule has 1 aliphatic heterocycles. The summed E-state index contributed by atoms with van der Waals surface area (Å²) in [5.41, 5.74) is 2.45. The number of hydrazine groups is 1. The van der Waals surface area contributed by atoms with Gasteiger partial charge in [-0.25, -0.2) is 5.84 Å². The molecule has 2 rings (SSSR count). The minimum Gasteiger partial charge on any atom is -0.479 e. The van der Waals surface area contributed by atoms with Crippen LogP contribution in [0.3, 0.4) is 0 Å². The second-order valence-electron chi connectivity index (χ2n) is 3.86. The van der Waals surface area contributed by atoms with Gasteiger partial charge in [0.2, 0.25) is 0 Å². The number of carbonyl (C=O) groups is 2. The number of ether oxygens (including phenoxy) is 1. The van der Waals surface area contributed by atoms with Crippen molar-refractivity contribution in [2.75, 3.05) is 11.4 Å². The monoisotopic (exact) mass is 269 g/mol. The molecule has 1 heterocycles. The summed E-state index contributed by atoms with van der Waals surface area (Å²) >= 11 is 5.88. The van der Waals surface area contributed by atoms with Gasteiger partial charge < -0.3 is 4.74 Å². The highest BCUT2D eigenvalue weighted by Gasteiger charge is 2.32. The predicted octanol–water partition coefficient (Wildman–Crippen LogP) is 0.444. The standard InChI is InChI=1S/C11H12ClN3O3/c1-6-11(17)15(5-10(16)14-13)8-4-7(12)2-3-9(8)18-6/h2-4,6H,5,13H2,1H3,(H,14,16). The van der Waals surface area contributed by atoms with Crippen LogP contribution in [0.5, 0.6) is 5.75 Å². The molecule has 0 aromatic heterocycles. The Kier molecular flexibility index (Phi) is 3.40. The van der Waals surface area contributed by atoms with Gasteiger partial charge in [-0.15, -0.1) is 0 Å². The molecule has 3 N–H and O–H groups in total. The molecule has 1 aromatic carbocycles. The van der Waals surface area contributed by atoms with Gasteiger partial charge in [0.1, 0.15) is 12.3 Å². The van der Waals surface area contributed by atoms with Gasteiger partial charge in [0.25, 0.3) is 11.8 Å². The van der Waals surface area contributed by atoms with E-state index in [1.54, 1.807) is 25.1 Å². The van der Waals surface area contributed by atoms with Crippen molar-refractivity contribution in [3.63, 3.8) is 0 Å². The smallest absolute Gasteiger partial charge is 0.268 e. The first-order chi connectivity index (χ1) is 8.52. The molecule has 0 bridgehead atoms. The van der Waals surface area contributed by atoms with Crippen molar-refractivity contribution in [3.05, 3.63) is 23.2 Å². The van der Waals surface area contributed by atoms with E-state index in [0.29, 0.717) is 16.5 Å². The molecule has 0 radical (unpaired) electrons. The summed E-state index contributed by atoms with van der Waals surface area (Å²) < 4.78 is 5.43. The summed E-state index contributed by atoms with van der Waals surface area (Å²) in [6.45, 7) is 1.45. The highest BCUT2D eigenvalue weighted by Crippen LogP contribution is 2.35. The number of nitrogens with two attached hydrogens (primary N) is 1. The van der Waals surface area contributed by atoms with Gasteiger partial charge in [0, 0.05) is 5.02 Å². The van der Waals surface area contributed by atoms with E-state index in [9.17, 15) is 9.59 Å². The van der Waals surface area contributed by atoms with Crippen molar-refractivity contribution < 1.29 is 14.3 Å². The summed E-state index contributed by atoms with van der Waals surface area (Å²) in [6.07, 6.45) is -0.649. The molecular weight excluding hydrogens is 258 g/mol. The Bertz CT molecular complexity index is 506. The van der Waals surface area contributed by atoms with Gasteiger partial charge >= 0.3 is 0 Å². The number of benzene rings is 1. The predicted molar refractivity (Wildman–Crippen MR) is 66.2 cm³/mol. The van der Waals surface area contributed by atoms with E-state index >= 15 is 0 Å². The number of hydrogen-bond acceptors (Lipinski definition) is 4. The van der Waals surface area contributed by atoms with Crippen LogP contribution in [0.25, 0.3) is 0 Å². The van der Waals surface area contributed by atoms with Gasteiger partial charge in [0.05, 0.1) is 5.69 Å². The van der Waals surface area contributed by atoms with Crippen molar-refractivity contribution in [1.29, 1.82) is 0 Å². The number of hydrogen-bond donors (Lipinski definition) is 2. The Morgan fingerprint density at radius 2 is 2.33 bits per heavy atom. The van der Waals surface area contributed by atoms with Crippen molar-refractivity contribution in [3.8, 4) is 5.75 Å². The van der Waals surface area contributed by atoms with Crippen LogP contribution in [0.15, 0.2) is 18.2 Å². The molecule has 1 atom stereocenters. The fourth-order valence-corrected chi connectivity index (χ4v) is 1.90. The van der Waals surface area contributed by atoms with E-state index in [0.717, 1.165) is 0 Å². The van der Waals surface area contributed by atoms with Crippen LogP contribution < -0.4 is 20.9 Å². The van der Waals surface area contributed by atoms with Gasteiger partial charge in [-0.1, -0.05) is 11.6 Å². The van der Waals surface area contributed by atoms with E-state index in [-0.39, 0.29) is 12.5 Å². The van der Waals surface area contributed by atoms with Crippen LogP contribution in [0.4, 0.5) is 5.69 Å². The molecule has 0 fully saturated rings. The SMILES string of the molecule is CC1Oc2ccc(Cl)cc2N(CC(=O)NN)C1=O. The van der Waals surface area contributed by atoms with Crippen LogP contribution in [-0.4, -0.2) is 24.5 Å². The first-order valence-electron chi connectivity index (χ1n) is 5.30. The van der Waals surface area contributed by atoms with Gasteiger partial charge in [0.15, 0.2) is 6.10 Å². The molecule has 1 aromatic rings. The first kappa shape index (κ1) is 12.7. The van der Waals surface area contributed by atoms with Gasteiger partial charge in [-0.3, -0.25) is 19.9 Å². The number of amides is 2. The third-order valence-corrected chi connectivity index (χ3v) is 2.83. The highest BCUT2D eigenvalue weighted by molar-refractivity contribution is 6.31. The average molecular weight is 270 g/mol. The maximum atomic E-state index is 12.0. The first-order valence-corrected chi connectivity index (χ1v) is 5.67. The molecule has 1 aliphatic rings. The Morgan fingerprint density at radius 3 is 3.00 bits per heavy atom. The lowest BCUT2D eigenvalue weighted by Gasteiger charge is -2.32. The van der Waals surface area contributed by atoms with Crippen molar-refractivity contribution >= 4 is 29.1 Å². The number of nitrogens with one attached hydrogen (secondary N) is 1. The lowest BCUT2D eigenvalue weighted by molar-refractivity contribution is -0.128. The largest absolute Gasteiger partial charge is 0.479 e. The molecule has 7 heteroatoms. The Balaban J connectivity index is 2.40. The second kappa shape index (κ2) is 4.83. The maximum absolute atomic E-state index is 12.0. The van der Waals surface area contributed by atoms with Crippen molar-refractivity contribution in [2.45, 2.75) is 13.0 Å². The molecule has 0 saturated carbocycles. The number of nitrogens with zero attached hydrogens (tertiary/aromatic N) is 1. The molecule has 0 saturated heterocycles. The van der Waals surface area contributed by atoms with Crippen LogP contribution in [0.2, 0.25) is 5.02 Å². The summed E-state index contributed by atoms with van der Waals surface area (Å²) in [7, 11) is 0. The topological polar surface area (TPSA) is 84.7 Å². The summed E-state index contributed by atoms with van der Waals surface area (Å²) in [5.74, 6) is 4.75. The van der Waals surface area contributed by atoms with Gasteiger partial charge in [-0.2, -0.15) is 0 Å². The molecule has 18 heavy (non-hydrogen) atoms. The molecule has 0 spiro atoms. The Morgan fingerprint density at radius 1 is 1.61 bits per heavy atom. The minimum absolute atomic E-state index is 0.170. The van der Waals surface area contributed by atoms with E-state index in [4.69, 9.17) is 22.2 Å². The fraction of sp³-hybridized carbons (Fsp3) is 0.273. The second-order valence-corrected chi connectivity index (χ2v) is 4.30. The van der Waals surface area contributed by atoms with Crippen LogP contribution >= 0.6 is 11.6 Å².